The maximum atomic E-state index is 10.6. The Morgan fingerprint density at radius 3 is 2.89 bits per heavy atom. The van der Waals surface area contributed by atoms with Crippen LogP contribution in [0.15, 0.2) is 30.7 Å². The summed E-state index contributed by atoms with van der Waals surface area (Å²) in [7, 11) is 1.64. The zero-order chi connectivity index (χ0) is 13.8. The van der Waals surface area contributed by atoms with E-state index in [0.717, 1.165) is 22.6 Å². The lowest BCUT2D eigenvalue weighted by atomic mass is 10.1. The van der Waals surface area contributed by atoms with Crippen molar-refractivity contribution in [3.8, 4) is 17.0 Å². The summed E-state index contributed by atoms with van der Waals surface area (Å²) < 4.78 is 7.07. The standard InChI is InChI=1S/C14H16N2O3/c1-10-7-11(3-4-13(10)19-2)12-8-15-9-16(12)6-5-14(17)18/h3-4,7-9H,5-6H2,1-2H3,(H,17,18). The largest absolute Gasteiger partial charge is 0.496 e. The molecule has 0 bridgehead atoms. The molecule has 1 aromatic heterocycles. The number of aliphatic carboxylic acids is 1. The van der Waals surface area contributed by atoms with Crippen LogP contribution in [0.25, 0.3) is 11.3 Å². The highest BCUT2D eigenvalue weighted by atomic mass is 16.5. The summed E-state index contributed by atoms with van der Waals surface area (Å²) in [5, 5.41) is 8.74. The van der Waals surface area contributed by atoms with Crippen LogP contribution < -0.4 is 4.74 Å². The highest BCUT2D eigenvalue weighted by Gasteiger charge is 2.08. The molecule has 0 amide bonds. The highest BCUT2D eigenvalue weighted by Crippen LogP contribution is 2.25. The Morgan fingerprint density at radius 1 is 1.47 bits per heavy atom. The molecule has 0 aliphatic rings. The number of carboxylic acids is 1. The van der Waals surface area contributed by atoms with Crippen molar-refractivity contribution in [2.75, 3.05) is 7.11 Å². The van der Waals surface area contributed by atoms with E-state index in [9.17, 15) is 4.79 Å². The van der Waals surface area contributed by atoms with Crippen molar-refractivity contribution in [3.05, 3.63) is 36.3 Å². The molecule has 19 heavy (non-hydrogen) atoms. The van der Waals surface area contributed by atoms with Gasteiger partial charge in [0.05, 0.1) is 31.7 Å². The molecule has 0 atom stereocenters. The van der Waals surface area contributed by atoms with Crippen LogP contribution in [0.2, 0.25) is 0 Å². The Kier molecular flexibility index (Phi) is 3.85. The fourth-order valence-corrected chi connectivity index (χ4v) is 1.99. The number of imidazole rings is 1. The third kappa shape index (κ3) is 2.93. The van der Waals surface area contributed by atoms with Gasteiger partial charge in [0.2, 0.25) is 0 Å². The smallest absolute Gasteiger partial charge is 0.305 e. The summed E-state index contributed by atoms with van der Waals surface area (Å²) in [6.45, 7) is 2.38. The SMILES string of the molecule is COc1ccc(-c2cncn2CCC(=O)O)cc1C. The molecule has 0 aliphatic carbocycles. The summed E-state index contributed by atoms with van der Waals surface area (Å²) >= 11 is 0. The quantitative estimate of drug-likeness (QED) is 0.896. The Labute approximate surface area is 111 Å². The lowest BCUT2D eigenvalue weighted by molar-refractivity contribution is -0.137. The summed E-state index contributed by atoms with van der Waals surface area (Å²) in [6, 6.07) is 5.85. The maximum absolute atomic E-state index is 10.6. The molecule has 0 fully saturated rings. The molecule has 0 radical (unpaired) electrons. The van der Waals surface area contributed by atoms with E-state index >= 15 is 0 Å². The molecule has 5 nitrogen and oxygen atoms in total. The van der Waals surface area contributed by atoms with Gasteiger partial charge in [-0.1, -0.05) is 0 Å². The number of aryl methyl sites for hydroxylation is 2. The van der Waals surface area contributed by atoms with E-state index in [0.29, 0.717) is 6.54 Å². The van der Waals surface area contributed by atoms with Gasteiger partial charge in [-0.2, -0.15) is 0 Å². The maximum Gasteiger partial charge on any atom is 0.305 e. The minimum atomic E-state index is -0.814. The highest BCUT2D eigenvalue weighted by molar-refractivity contribution is 5.67. The molecule has 1 N–H and O–H groups in total. The molecule has 2 rings (SSSR count). The van der Waals surface area contributed by atoms with Gasteiger partial charge in [0.15, 0.2) is 0 Å². The predicted molar refractivity (Wildman–Crippen MR) is 71.2 cm³/mol. The molecule has 1 aromatic carbocycles. The van der Waals surface area contributed by atoms with Crippen LogP contribution >= 0.6 is 0 Å². The monoisotopic (exact) mass is 260 g/mol. The van der Waals surface area contributed by atoms with Crippen LogP contribution in [0, 0.1) is 6.92 Å². The van der Waals surface area contributed by atoms with Gasteiger partial charge in [-0.3, -0.25) is 4.79 Å². The Hall–Kier alpha value is -2.30. The molecule has 0 saturated heterocycles. The minimum Gasteiger partial charge on any atom is -0.496 e. The average molecular weight is 260 g/mol. The van der Waals surface area contributed by atoms with E-state index in [4.69, 9.17) is 9.84 Å². The lowest BCUT2D eigenvalue weighted by Crippen LogP contribution is -2.04. The van der Waals surface area contributed by atoms with Crippen LogP contribution in [-0.2, 0) is 11.3 Å². The van der Waals surface area contributed by atoms with Crippen LogP contribution in [-0.4, -0.2) is 27.7 Å². The van der Waals surface area contributed by atoms with Gasteiger partial charge < -0.3 is 14.4 Å². The van der Waals surface area contributed by atoms with Crippen molar-refractivity contribution in [2.24, 2.45) is 0 Å². The molecular formula is C14H16N2O3. The second-order valence-corrected chi connectivity index (χ2v) is 4.30. The molecule has 5 heteroatoms. The molecular weight excluding hydrogens is 244 g/mol. The van der Waals surface area contributed by atoms with Crippen molar-refractivity contribution < 1.29 is 14.6 Å². The Balaban J connectivity index is 2.29. The van der Waals surface area contributed by atoms with Crippen molar-refractivity contribution in [1.29, 1.82) is 0 Å². The van der Waals surface area contributed by atoms with E-state index < -0.39 is 5.97 Å². The number of aromatic nitrogens is 2. The van der Waals surface area contributed by atoms with Gasteiger partial charge in [-0.25, -0.2) is 4.98 Å². The molecule has 0 spiro atoms. The number of carboxylic acid groups (broad SMARTS) is 1. The number of nitrogens with zero attached hydrogens (tertiary/aromatic N) is 2. The third-order valence-electron chi connectivity index (χ3n) is 2.97. The van der Waals surface area contributed by atoms with Gasteiger partial charge >= 0.3 is 5.97 Å². The van der Waals surface area contributed by atoms with Crippen LogP contribution in [0.1, 0.15) is 12.0 Å². The average Bonchev–Trinajstić information content (AvgIpc) is 2.84. The van der Waals surface area contributed by atoms with Crippen molar-refractivity contribution >= 4 is 5.97 Å². The number of ether oxygens (including phenoxy) is 1. The summed E-state index contributed by atoms with van der Waals surface area (Å²) in [5.41, 5.74) is 2.94. The first-order valence-corrected chi connectivity index (χ1v) is 5.98. The second-order valence-electron chi connectivity index (χ2n) is 4.30. The van der Waals surface area contributed by atoms with E-state index in [1.807, 2.05) is 29.7 Å². The first-order valence-electron chi connectivity index (χ1n) is 5.98. The Bertz CT molecular complexity index is 590. The number of methoxy groups -OCH3 is 1. The van der Waals surface area contributed by atoms with E-state index in [1.54, 1.807) is 19.6 Å². The van der Waals surface area contributed by atoms with Crippen molar-refractivity contribution in [1.82, 2.24) is 9.55 Å². The number of hydrogen-bond acceptors (Lipinski definition) is 3. The minimum absolute atomic E-state index is 0.0818. The van der Waals surface area contributed by atoms with Gasteiger partial charge in [0, 0.05) is 12.1 Å². The van der Waals surface area contributed by atoms with Gasteiger partial charge in [0.25, 0.3) is 0 Å². The number of hydrogen-bond donors (Lipinski definition) is 1. The molecule has 0 aliphatic heterocycles. The molecule has 0 saturated carbocycles. The molecule has 100 valence electrons. The predicted octanol–water partition coefficient (Wildman–Crippen LogP) is 2.34. The van der Waals surface area contributed by atoms with Crippen LogP contribution in [0.5, 0.6) is 5.75 Å². The fraction of sp³-hybridized carbons (Fsp3) is 0.286. The van der Waals surface area contributed by atoms with E-state index in [2.05, 4.69) is 4.98 Å². The lowest BCUT2D eigenvalue weighted by Gasteiger charge is -2.09. The summed E-state index contributed by atoms with van der Waals surface area (Å²) in [6.07, 6.45) is 3.47. The number of benzene rings is 1. The van der Waals surface area contributed by atoms with Gasteiger partial charge in [-0.15, -0.1) is 0 Å². The second kappa shape index (κ2) is 5.56. The zero-order valence-electron chi connectivity index (χ0n) is 11.0. The fourth-order valence-electron chi connectivity index (χ4n) is 1.99. The Morgan fingerprint density at radius 2 is 2.26 bits per heavy atom. The van der Waals surface area contributed by atoms with Crippen molar-refractivity contribution in [3.63, 3.8) is 0 Å². The van der Waals surface area contributed by atoms with Crippen LogP contribution in [0.4, 0.5) is 0 Å². The van der Waals surface area contributed by atoms with Crippen molar-refractivity contribution in [2.45, 2.75) is 19.9 Å². The zero-order valence-corrected chi connectivity index (χ0v) is 11.0. The molecule has 2 aromatic rings. The first-order chi connectivity index (χ1) is 9.11. The van der Waals surface area contributed by atoms with Gasteiger partial charge in [-0.05, 0) is 30.7 Å². The number of rotatable bonds is 5. The van der Waals surface area contributed by atoms with E-state index in [1.165, 1.54) is 0 Å². The van der Waals surface area contributed by atoms with Crippen LogP contribution in [0.3, 0.4) is 0 Å². The molecule has 1 heterocycles. The molecule has 0 unspecified atom stereocenters. The number of carbonyl (C=O) groups is 1. The van der Waals surface area contributed by atoms with E-state index in [-0.39, 0.29) is 6.42 Å². The normalized spacial score (nSPS) is 10.4. The third-order valence-corrected chi connectivity index (χ3v) is 2.97. The van der Waals surface area contributed by atoms with Gasteiger partial charge in [0.1, 0.15) is 5.75 Å². The summed E-state index contributed by atoms with van der Waals surface area (Å²) in [4.78, 5) is 14.7. The first kappa shape index (κ1) is 13.1. The summed E-state index contributed by atoms with van der Waals surface area (Å²) in [5.74, 6) is 0.0194. The topological polar surface area (TPSA) is 64.4 Å².